The van der Waals surface area contributed by atoms with Crippen molar-refractivity contribution in [3.8, 4) is 0 Å². The average Bonchev–Trinajstić information content (AvgIpc) is 2.91. The quantitative estimate of drug-likeness (QED) is 0.0792. The van der Waals surface area contributed by atoms with Crippen LogP contribution in [0.1, 0.15) is 0 Å². The second kappa shape index (κ2) is 584. The molecule has 0 fully saturated rings. The van der Waals surface area contributed by atoms with Gasteiger partial charge >= 0.3 is 296 Å². The van der Waals surface area contributed by atoms with Crippen molar-refractivity contribution < 1.29 is 149 Å². The Kier molecular flexibility index (Phi) is 1850. The Hall–Kier alpha value is 2.05. The van der Waals surface area contributed by atoms with Gasteiger partial charge in [0, 0.05) is 0 Å². The minimum absolute atomic E-state index is 0. The van der Waals surface area contributed by atoms with Crippen LogP contribution < -0.4 is 0 Å². The summed E-state index contributed by atoms with van der Waals surface area (Å²) in [4.78, 5) is 125. The molecule has 0 saturated carbocycles. The number of hydrogen-bond donors (Lipinski definition) is 15. The maximum atomic E-state index is 8.36. The molecule has 0 atom stereocenters. The minimum atomic E-state index is -0.250. The van der Waals surface area contributed by atoms with Crippen LogP contribution in [0, 0.1) is 0 Å². The number of carboxylic acid groups (broad SMARTS) is 15. The summed E-state index contributed by atoms with van der Waals surface area (Å²) < 4.78 is 0. The molecule has 40 heteroatoms. The molecule has 0 aliphatic heterocycles. The molecular weight excluding hydrogens is 890 g/mol. The molecule has 0 unspecified atom stereocenters. The molecule has 0 saturated heterocycles. The summed E-state index contributed by atoms with van der Waals surface area (Å²) in [7, 11) is 0. The van der Waals surface area contributed by atoms with E-state index in [2.05, 4.69) is 0 Å². The van der Waals surface area contributed by atoms with E-state index in [1.54, 1.807) is 0 Å². The number of carbonyl (C=O) groups is 15. The Morgan fingerprint density at radius 1 is 0.127 bits per heavy atom. The van der Waals surface area contributed by atoms with Crippen LogP contribution in [-0.2, 0) is 71.9 Å². The molecule has 0 aromatic carbocycles. The molecule has 0 aliphatic rings. The van der Waals surface area contributed by atoms with Crippen molar-refractivity contribution in [2.24, 2.45) is 0 Å². The Bertz CT molecular complexity index is 367. The molecular formula is C15H40Na10O30. The maximum absolute atomic E-state index is 8.36. The van der Waals surface area contributed by atoms with Gasteiger partial charge in [0.25, 0.3) is 97.1 Å². The molecule has 0 bridgehead atoms. The van der Waals surface area contributed by atoms with Gasteiger partial charge in [-0.3, -0.25) is 71.9 Å². The Balaban J connectivity index is -0.00000000753. The van der Waals surface area contributed by atoms with E-state index in [1.165, 1.54) is 0 Å². The first-order valence-electron chi connectivity index (χ1n) is 7.41. The van der Waals surface area contributed by atoms with E-state index in [1.807, 2.05) is 0 Å². The van der Waals surface area contributed by atoms with Gasteiger partial charge in [-0.1, -0.05) is 0 Å². The molecule has 30 nitrogen and oxygen atoms in total. The zero-order chi connectivity index (χ0) is 40.6. The molecule has 0 aliphatic carbocycles. The van der Waals surface area contributed by atoms with Gasteiger partial charge in [0.15, 0.2) is 0 Å². The van der Waals surface area contributed by atoms with Crippen molar-refractivity contribution in [3.63, 3.8) is 0 Å². The molecule has 0 amide bonds. The first-order chi connectivity index (χ1) is 21.2. The van der Waals surface area contributed by atoms with Gasteiger partial charge in [-0.15, -0.1) is 0 Å². The standard InChI is InChI=1S/15CH2O2.10Na.10H/c15*2-1-3;;;;;;;;;;;;;;;;;;;;/h15*1H,(H,2,3);;;;;;;;;;;;;;;;;;;;. The molecule has 290 valence electrons. The SMILES string of the molecule is O=CO.O=CO.O=CO.O=CO.O=CO.O=CO.O=CO.O=CO.O=CO.O=CO.O=CO.O=CO.O=CO.O=CO.O=CO.[NaH].[NaH].[NaH].[NaH].[NaH].[NaH].[NaH].[NaH].[NaH].[NaH]. The van der Waals surface area contributed by atoms with Crippen LogP contribution in [0.3, 0.4) is 0 Å². The third-order valence-electron chi connectivity index (χ3n) is 0. The Labute approximate surface area is 530 Å². The first kappa shape index (κ1) is 174. The number of hydrogen-bond acceptors (Lipinski definition) is 15. The van der Waals surface area contributed by atoms with E-state index >= 15 is 0 Å². The van der Waals surface area contributed by atoms with Crippen LogP contribution in [0.4, 0.5) is 0 Å². The van der Waals surface area contributed by atoms with Crippen molar-refractivity contribution in [1.29, 1.82) is 0 Å². The van der Waals surface area contributed by atoms with Crippen molar-refractivity contribution in [2.45, 2.75) is 0 Å². The summed E-state index contributed by atoms with van der Waals surface area (Å²) in [5.41, 5.74) is 0. The van der Waals surface area contributed by atoms with Gasteiger partial charge in [-0.25, -0.2) is 0 Å². The fourth-order valence-electron chi connectivity index (χ4n) is 0. The van der Waals surface area contributed by atoms with E-state index in [-0.39, 0.29) is 393 Å². The summed E-state index contributed by atoms with van der Waals surface area (Å²) in [6, 6.07) is 0. The molecule has 0 heterocycles. The third kappa shape index (κ3) is 39000. The third-order valence-corrected chi connectivity index (χ3v) is 0. The van der Waals surface area contributed by atoms with Crippen molar-refractivity contribution in [1.82, 2.24) is 0 Å². The molecule has 55 heavy (non-hydrogen) atoms. The molecule has 0 spiro atoms. The van der Waals surface area contributed by atoms with E-state index in [4.69, 9.17) is 149 Å². The van der Waals surface area contributed by atoms with Crippen LogP contribution in [0.2, 0.25) is 0 Å². The number of rotatable bonds is 0. The van der Waals surface area contributed by atoms with Gasteiger partial charge in [-0.05, 0) is 0 Å². The first-order valence-corrected chi connectivity index (χ1v) is 7.41. The van der Waals surface area contributed by atoms with Crippen molar-refractivity contribution in [3.05, 3.63) is 0 Å². The van der Waals surface area contributed by atoms with Gasteiger partial charge in [0.2, 0.25) is 0 Å². The van der Waals surface area contributed by atoms with E-state index < -0.39 is 0 Å². The summed E-state index contributed by atoms with van der Waals surface area (Å²) in [6.07, 6.45) is 0. The van der Waals surface area contributed by atoms with E-state index in [9.17, 15) is 0 Å². The molecule has 0 aromatic heterocycles. The summed E-state index contributed by atoms with van der Waals surface area (Å²) in [6.45, 7) is -3.75. The van der Waals surface area contributed by atoms with Gasteiger partial charge in [0.1, 0.15) is 0 Å². The average molecular weight is 930 g/mol. The summed E-state index contributed by atoms with van der Waals surface area (Å²) in [5.74, 6) is 0. The fraction of sp³-hybridized carbons (Fsp3) is 0. The predicted molar refractivity (Wildman–Crippen MR) is 202 cm³/mol. The Morgan fingerprint density at radius 2 is 0.127 bits per heavy atom. The zero-order valence-corrected chi connectivity index (χ0v) is 21.5. The Morgan fingerprint density at radius 3 is 0.127 bits per heavy atom. The second-order valence-corrected chi connectivity index (χ2v) is 1.58. The molecule has 15 N–H and O–H groups in total. The molecule has 0 radical (unpaired) electrons. The van der Waals surface area contributed by atoms with Crippen LogP contribution >= 0.6 is 0 Å². The van der Waals surface area contributed by atoms with Gasteiger partial charge < -0.3 is 76.6 Å². The predicted octanol–water partition coefficient (Wildman–Crippen LogP) is -11.0. The van der Waals surface area contributed by atoms with Crippen LogP contribution in [0.5, 0.6) is 0 Å². The monoisotopic (exact) mass is 930 g/mol. The van der Waals surface area contributed by atoms with Crippen LogP contribution in [-0.4, -0.2) is 469 Å². The van der Waals surface area contributed by atoms with Gasteiger partial charge in [-0.2, -0.15) is 0 Å². The summed E-state index contributed by atoms with van der Waals surface area (Å²) >= 11 is 0. The topological polar surface area (TPSA) is 560 Å². The van der Waals surface area contributed by atoms with Crippen LogP contribution in [0.15, 0.2) is 0 Å². The van der Waals surface area contributed by atoms with E-state index in [0.717, 1.165) is 0 Å². The van der Waals surface area contributed by atoms with E-state index in [0.29, 0.717) is 0 Å². The van der Waals surface area contributed by atoms with Crippen molar-refractivity contribution in [2.75, 3.05) is 0 Å². The normalized spacial score (nSPS) is 3.27. The van der Waals surface area contributed by atoms with Gasteiger partial charge in [0.05, 0.1) is 0 Å². The summed E-state index contributed by atoms with van der Waals surface area (Å²) in [5, 5.41) is 103. The zero-order valence-electron chi connectivity index (χ0n) is 21.5. The van der Waals surface area contributed by atoms with Crippen LogP contribution in [0.25, 0.3) is 0 Å². The van der Waals surface area contributed by atoms with Crippen molar-refractivity contribution >= 4 is 393 Å². The molecule has 0 rings (SSSR count). The fourth-order valence-corrected chi connectivity index (χ4v) is 0. The molecule has 0 aromatic rings. The second-order valence-electron chi connectivity index (χ2n) is 1.58.